The lowest BCUT2D eigenvalue weighted by Crippen LogP contribution is -2.61. The quantitative estimate of drug-likeness (QED) is 0.811. The number of carboxylic acid groups (broad SMARTS) is 1. The zero-order valence-corrected chi connectivity index (χ0v) is 12.2. The molecule has 0 atom stereocenters. The zero-order chi connectivity index (χ0) is 14.1. The number of likely N-dealkylation sites (tertiary alicyclic amines) is 1. The van der Waals surface area contributed by atoms with Crippen LogP contribution in [0.15, 0.2) is 0 Å². The van der Waals surface area contributed by atoms with Gasteiger partial charge in [0.1, 0.15) is 5.54 Å². The SMILES string of the molecule is CS(=O)(=O)N1CCC(C(=O)O)(N2CCCCC2)CC1. The first-order valence-corrected chi connectivity index (χ1v) is 8.65. The fourth-order valence-corrected chi connectivity index (χ4v) is 4.02. The molecule has 0 aliphatic carbocycles. The summed E-state index contributed by atoms with van der Waals surface area (Å²) in [6.07, 6.45) is 5.17. The lowest BCUT2D eigenvalue weighted by molar-refractivity contribution is -0.155. The van der Waals surface area contributed by atoms with Gasteiger partial charge in [-0.2, -0.15) is 0 Å². The van der Waals surface area contributed by atoms with Crippen LogP contribution in [0.4, 0.5) is 0 Å². The Bertz CT molecular complexity index is 435. The Balaban J connectivity index is 2.13. The number of sulfonamides is 1. The molecule has 2 aliphatic heterocycles. The minimum atomic E-state index is -3.21. The number of aliphatic carboxylic acids is 1. The summed E-state index contributed by atoms with van der Waals surface area (Å²) < 4.78 is 24.4. The van der Waals surface area contributed by atoms with Crippen LogP contribution in [0.1, 0.15) is 32.1 Å². The summed E-state index contributed by atoms with van der Waals surface area (Å²) in [5, 5.41) is 9.62. The summed E-state index contributed by atoms with van der Waals surface area (Å²) in [5.74, 6) is -0.803. The second-order valence-corrected chi connectivity index (χ2v) is 7.53. The van der Waals surface area contributed by atoms with Crippen LogP contribution < -0.4 is 0 Å². The lowest BCUT2D eigenvalue weighted by atomic mass is 9.85. The highest BCUT2D eigenvalue weighted by Crippen LogP contribution is 2.32. The van der Waals surface area contributed by atoms with Crippen molar-refractivity contribution in [1.29, 1.82) is 0 Å². The van der Waals surface area contributed by atoms with Crippen LogP contribution in [-0.2, 0) is 14.8 Å². The van der Waals surface area contributed by atoms with E-state index < -0.39 is 21.5 Å². The van der Waals surface area contributed by atoms with Crippen molar-refractivity contribution in [3.63, 3.8) is 0 Å². The van der Waals surface area contributed by atoms with Gasteiger partial charge in [-0.05, 0) is 38.8 Å². The van der Waals surface area contributed by atoms with E-state index in [-0.39, 0.29) is 0 Å². The van der Waals surface area contributed by atoms with Gasteiger partial charge in [0.15, 0.2) is 0 Å². The number of nitrogens with zero attached hydrogens (tertiary/aromatic N) is 2. The summed E-state index contributed by atoms with van der Waals surface area (Å²) in [4.78, 5) is 13.8. The molecule has 2 saturated heterocycles. The van der Waals surface area contributed by atoms with E-state index in [2.05, 4.69) is 4.90 Å². The van der Waals surface area contributed by atoms with Crippen LogP contribution in [0.2, 0.25) is 0 Å². The van der Waals surface area contributed by atoms with Crippen LogP contribution in [0.25, 0.3) is 0 Å². The lowest BCUT2D eigenvalue weighted by Gasteiger charge is -2.46. The third kappa shape index (κ3) is 2.93. The molecule has 0 saturated carbocycles. The predicted molar refractivity (Wildman–Crippen MR) is 71.4 cm³/mol. The largest absolute Gasteiger partial charge is 0.480 e. The molecular weight excluding hydrogens is 268 g/mol. The van der Waals surface area contributed by atoms with E-state index in [1.54, 1.807) is 0 Å². The van der Waals surface area contributed by atoms with Crippen molar-refractivity contribution in [2.24, 2.45) is 0 Å². The maximum absolute atomic E-state index is 11.7. The number of hydrogen-bond donors (Lipinski definition) is 1. The normalized spacial score (nSPS) is 26.2. The number of rotatable bonds is 3. The molecule has 0 aromatic heterocycles. The smallest absolute Gasteiger partial charge is 0.324 e. The van der Waals surface area contributed by atoms with E-state index in [0.29, 0.717) is 25.9 Å². The maximum atomic E-state index is 11.7. The molecule has 2 aliphatic rings. The van der Waals surface area contributed by atoms with E-state index in [0.717, 1.165) is 32.4 Å². The van der Waals surface area contributed by atoms with Crippen molar-refractivity contribution in [3.8, 4) is 0 Å². The molecule has 7 heteroatoms. The van der Waals surface area contributed by atoms with Gasteiger partial charge < -0.3 is 5.11 Å². The highest BCUT2D eigenvalue weighted by atomic mass is 32.2. The Kier molecular flexibility index (Phi) is 4.17. The van der Waals surface area contributed by atoms with Gasteiger partial charge in [0, 0.05) is 13.1 Å². The molecule has 6 nitrogen and oxygen atoms in total. The van der Waals surface area contributed by atoms with Crippen LogP contribution in [-0.4, -0.2) is 66.7 Å². The van der Waals surface area contributed by atoms with Gasteiger partial charge >= 0.3 is 5.97 Å². The van der Waals surface area contributed by atoms with Crippen molar-refractivity contribution in [2.75, 3.05) is 32.4 Å². The molecule has 110 valence electrons. The molecule has 2 rings (SSSR count). The van der Waals surface area contributed by atoms with E-state index in [1.807, 2.05) is 0 Å². The summed E-state index contributed by atoms with van der Waals surface area (Å²) >= 11 is 0. The highest BCUT2D eigenvalue weighted by molar-refractivity contribution is 7.88. The van der Waals surface area contributed by atoms with Crippen molar-refractivity contribution >= 4 is 16.0 Å². The molecule has 19 heavy (non-hydrogen) atoms. The third-order valence-corrected chi connectivity index (χ3v) is 5.68. The van der Waals surface area contributed by atoms with Crippen molar-refractivity contribution < 1.29 is 18.3 Å². The number of carboxylic acids is 1. The molecular formula is C12H22N2O4S. The molecule has 2 fully saturated rings. The highest BCUT2D eigenvalue weighted by Gasteiger charge is 2.47. The summed E-state index contributed by atoms with van der Waals surface area (Å²) in [5.41, 5.74) is -0.860. The van der Waals surface area contributed by atoms with Crippen LogP contribution in [0, 0.1) is 0 Å². The van der Waals surface area contributed by atoms with Gasteiger partial charge in [0.2, 0.25) is 10.0 Å². The predicted octanol–water partition coefficient (Wildman–Crippen LogP) is 0.351. The number of carbonyl (C=O) groups is 1. The molecule has 0 unspecified atom stereocenters. The van der Waals surface area contributed by atoms with Crippen molar-refractivity contribution in [2.45, 2.75) is 37.6 Å². The molecule has 0 spiro atoms. The first-order valence-electron chi connectivity index (χ1n) is 6.80. The van der Waals surface area contributed by atoms with Crippen LogP contribution >= 0.6 is 0 Å². The monoisotopic (exact) mass is 290 g/mol. The zero-order valence-electron chi connectivity index (χ0n) is 11.3. The standard InChI is InChI=1S/C12H22N2O4S/c1-19(17,18)14-9-5-12(6-10-14,11(15)16)13-7-3-2-4-8-13/h2-10H2,1H3,(H,15,16). The van der Waals surface area contributed by atoms with E-state index in [1.165, 1.54) is 10.6 Å². The molecule has 0 amide bonds. The van der Waals surface area contributed by atoms with E-state index in [9.17, 15) is 18.3 Å². The minimum Gasteiger partial charge on any atom is -0.480 e. The van der Waals surface area contributed by atoms with Gasteiger partial charge in [-0.3, -0.25) is 9.69 Å². The Labute approximate surface area is 114 Å². The third-order valence-electron chi connectivity index (χ3n) is 4.38. The number of piperidine rings is 2. The summed E-state index contributed by atoms with van der Waals surface area (Å²) in [7, 11) is -3.21. The minimum absolute atomic E-state index is 0.307. The second-order valence-electron chi connectivity index (χ2n) is 5.55. The Hall–Kier alpha value is -0.660. The maximum Gasteiger partial charge on any atom is 0.324 e. The molecule has 2 heterocycles. The molecule has 1 N–H and O–H groups in total. The topological polar surface area (TPSA) is 77.9 Å². The summed E-state index contributed by atoms with van der Waals surface area (Å²) in [6.45, 7) is 2.24. The molecule has 0 aromatic rings. The van der Waals surface area contributed by atoms with Crippen LogP contribution in [0.3, 0.4) is 0 Å². The van der Waals surface area contributed by atoms with E-state index in [4.69, 9.17) is 0 Å². The van der Waals surface area contributed by atoms with Gasteiger partial charge in [0.25, 0.3) is 0 Å². The molecule has 0 bridgehead atoms. The Morgan fingerprint density at radius 1 is 1.05 bits per heavy atom. The van der Waals surface area contributed by atoms with Crippen molar-refractivity contribution in [1.82, 2.24) is 9.21 Å². The van der Waals surface area contributed by atoms with Gasteiger partial charge in [0.05, 0.1) is 6.26 Å². The Morgan fingerprint density at radius 3 is 2.00 bits per heavy atom. The molecule has 0 radical (unpaired) electrons. The average Bonchev–Trinajstić information content (AvgIpc) is 2.38. The first-order chi connectivity index (χ1) is 8.86. The van der Waals surface area contributed by atoms with Crippen molar-refractivity contribution in [3.05, 3.63) is 0 Å². The Morgan fingerprint density at radius 2 is 1.58 bits per heavy atom. The van der Waals surface area contributed by atoms with Gasteiger partial charge in [-0.1, -0.05) is 6.42 Å². The summed E-state index contributed by atoms with van der Waals surface area (Å²) in [6, 6.07) is 0. The first kappa shape index (κ1) is 14.7. The average molecular weight is 290 g/mol. The number of hydrogen-bond acceptors (Lipinski definition) is 4. The molecule has 0 aromatic carbocycles. The van der Waals surface area contributed by atoms with Gasteiger partial charge in [-0.25, -0.2) is 12.7 Å². The van der Waals surface area contributed by atoms with Crippen LogP contribution in [0.5, 0.6) is 0 Å². The second kappa shape index (κ2) is 5.38. The van der Waals surface area contributed by atoms with Gasteiger partial charge in [-0.15, -0.1) is 0 Å². The fraction of sp³-hybridized carbons (Fsp3) is 0.917. The van der Waals surface area contributed by atoms with E-state index >= 15 is 0 Å². The fourth-order valence-electron chi connectivity index (χ4n) is 3.18.